The van der Waals surface area contributed by atoms with Crippen molar-refractivity contribution in [3.8, 4) is 0 Å². The molecule has 0 amide bonds. The van der Waals surface area contributed by atoms with Gasteiger partial charge in [-0.2, -0.15) is 0 Å². The van der Waals surface area contributed by atoms with Crippen LogP contribution in [0.5, 0.6) is 0 Å². The smallest absolute Gasteiger partial charge is 0.0544 e. The first kappa shape index (κ1) is 11.6. The Kier molecular flexibility index (Phi) is 2.12. The summed E-state index contributed by atoms with van der Waals surface area (Å²) in [7, 11) is 0. The van der Waals surface area contributed by atoms with Crippen LogP contribution in [0.15, 0.2) is 66.7 Å². The molecule has 0 bridgehead atoms. The lowest BCUT2D eigenvalue weighted by atomic mass is 10.0. The molecular formula is C20H14N2. The van der Waals surface area contributed by atoms with Crippen LogP contribution in [0.2, 0.25) is 0 Å². The summed E-state index contributed by atoms with van der Waals surface area (Å²) in [5, 5.41) is 7.27. The maximum absolute atomic E-state index is 6.27. The van der Waals surface area contributed by atoms with Crippen LogP contribution in [-0.2, 0) is 0 Å². The van der Waals surface area contributed by atoms with E-state index in [0.717, 1.165) is 16.6 Å². The SMILES string of the molecule is Nc1cccc2ccc3[nH]c4c5ccccc5ccc4c3c12. The molecular weight excluding hydrogens is 268 g/mol. The van der Waals surface area contributed by atoms with Crippen LogP contribution in [-0.4, -0.2) is 4.98 Å². The third-order valence-electron chi connectivity index (χ3n) is 4.54. The van der Waals surface area contributed by atoms with Crippen molar-refractivity contribution in [2.75, 3.05) is 5.73 Å². The van der Waals surface area contributed by atoms with Crippen molar-refractivity contribution in [3.05, 3.63) is 66.7 Å². The summed E-state index contributed by atoms with van der Waals surface area (Å²) in [5.41, 5.74) is 9.42. The van der Waals surface area contributed by atoms with Gasteiger partial charge in [-0.15, -0.1) is 0 Å². The number of H-pyrrole nitrogens is 1. The Hall–Kier alpha value is -3.00. The highest BCUT2D eigenvalue weighted by molar-refractivity contribution is 6.26. The lowest BCUT2D eigenvalue weighted by Crippen LogP contribution is -1.86. The molecule has 2 nitrogen and oxygen atoms in total. The highest BCUT2D eigenvalue weighted by Crippen LogP contribution is 2.37. The second-order valence-electron chi connectivity index (χ2n) is 5.77. The zero-order chi connectivity index (χ0) is 14.7. The molecule has 5 rings (SSSR count). The van der Waals surface area contributed by atoms with E-state index in [1.54, 1.807) is 0 Å². The van der Waals surface area contributed by atoms with E-state index in [-0.39, 0.29) is 0 Å². The van der Waals surface area contributed by atoms with Crippen molar-refractivity contribution >= 4 is 49.0 Å². The number of anilines is 1. The zero-order valence-electron chi connectivity index (χ0n) is 11.9. The molecule has 0 unspecified atom stereocenters. The quantitative estimate of drug-likeness (QED) is 0.376. The van der Waals surface area contributed by atoms with E-state index in [0.29, 0.717) is 0 Å². The number of nitrogens with one attached hydrogen (secondary N) is 1. The van der Waals surface area contributed by atoms with Crippen LogP contribution in [0.4, 0.5) is 5.69 Å². The van der Waals surface area contributed by atoms with E-state index in [2.05, 4.69) is 59.6 Å². The molecule has 5 aromatic rings. The predicted octanol–water partition coefficient (Wildman–Crippen LogP) is 5.21. The van der Waals surface area contributed by atoms with Gasteiger partial charge in [-0.25, -0.2) is 0 Å². The molecule has 3 N–H and O–H groups in total. The summed E-state index contributed by atoms with van der Waals surface area (Å²) < 4.78 is 0. The van der Waals surface area contributed by atoms with Gasteiger partial charge in [-0.05, 0) is 22.9 Å². The Bertz CT molecular complexity index is 1180. The van der Waals surface area contributed by atoms with Gasteiger partial charge < -0.3 is 10.7 Å². The molecule has 0 aliphatic carbocycles. The number of nitrogen functional groups attached to an aromatic ring is 1. The van der Waals surface area contributed by atoms with Crippen molar-refractivity contribution in [1.29, 1.82) is 0 Å². The van der Waals surface area contributed by atoms with E-state index >= 15 is 0 Å². The first-order valence-corrected chi connectivity index (χ1v) is 7.43. The van der Waals surface area contributed by atoms with E-state index in [1.807, 2.05) is 12.1 Å². The van der Waals surface area contributed by atoms with Gasteiger partial charge in [0.05, 0.1) is 5.52 Å². The molecule has 22 heavy (non-hydrogen) atoms. The maximum atomic E-state index is 6.27. The normalized spacial score (nSPS) is 11.8. The monoisotopic (exact) mass is 282 g/mol. The van der Waals surface area contributed by atoms with Gasteiger partial charge in [0, 0.05) is 32.7 Å². The van der Waals surface area contributed by atoms with Crippen LogP contribution >= 0.6 is 0 Å². The van der Waals surface area contributed by atoms with Crippen molar-refractivity contribution in [2.45, 2.75) is 0 Å². The molecule has 0 aliphatic rings. The second-order valence-corrected chi connectivity index (χ2v) is 5.77. The molecule has 0 radical (unpaired) electrons. The van der Waals surface area contributed by atoms with Gasteiger partial charge in [0.25, 0.3) is 0 Å². The number of rotatable bonds is 0. The van der Waals surface area contributed by atoms with Crippen LogP contribution in [0.1, 0.15) is 0 Å². The average Bonchev–Trinajstić information content (AvgIpc) is 2.94. The number of benzene rings is 4. The number of hydrogen-bond acceptors (Lipinski definition) is 1. The standard InChI is InChI=1S/C20H14N2/c21-16-7-3-5-13-9-11-17-19(18(13)16)15-10-8-12-4-1-2-6-14(12)20(15)22-17/h1-11,22H,21H2. The van der Waals surface area contributed by atoms with Crippen molar-refractivity contribution in [3.63, 3.8) is 0 Å². The summed E-state index contributed by atoms with van der Waals surface area (Å²) in [5.74, 6) is 0. The molecule has 1 aromatic heterocycles. The molecule has 2 heteroatoms. The topological polar surface area (TPSA) is 41.8 Å². The maximum Gasteiger partial charge on any atom is 0.0544 e. The minimum Gasteiger partial charge on any atom is -0.398 e. The van der Waals surface area contributed by atoms with E-state index < -0.39 is 0 Å². The zero-order valence-corrected chi connectivity index (χ0v) is 11.9. The Balaban J connectivity index is 2.12. The van der Waals surface area contributed by atoms with Crippen molar-refractivity contribution < 1.29 is 0 Å². The summed E-state index contributed by atoms with van der Waals surface area (Å²) >= 11 is 0. The summed E-state index contributed by atoms with van der Waals surface area (Å²) in [6.45, 7) is 0. The highest BCUT2D eigenvalue weighted by Gasteiger charge is 2.11. The lowest BCUT2D eigenvalue weighted by molar-refractivity contribution is 1.57. The molecule has 1 heterocycles. The lowest BCUT2D eigenvalue weighted by Gasteiger charge is -2.04. The van der Waals surface area contributed by atoms with Crippen molar-refractivity contribution in [2.24, 2.45) is 0 Å². The molecule has 0 fully saturated rings. The Morgan fingerprint density at radius 3 is 2.41 bits per heavy atom. The van der Waals surface area contributed by atoms with E-state index in [4.69, 9.17) is 5.73 Å². The highest BCUT2D eigenvalue weighted by atomic mass is 14.7. The number of aromatic amines is 1. The molecule has 0 saturated carbocycles. The van der Waals surface area contributed by atoms with Crippen LogP contribution in [0, 0.1) is 0 Å². The van der Waals surface area contributed by atoms with Crippen LogP contribution in [0.3, 0.4) is 0 Å². The fourth-order valence-corrected chi connectivity index (χ4v) is 3.54. The third kappa shape index (κ3) is 1.39. The summed E-state index contributed by atoms with van der Waals surface area (Å²) in [4.78, 5) is 3.58. The first-order valence-electron chi connectivity index (χ1n) is 7.43. The molecule has 0 atom stereocenters. The van der Waals surface area contributed by atoms with Gasteiger partial charge >= 0.3 is 0 Å². The van der Waals surface area contributed by atoms with Crippen LogP contribution in [0.25, 0.3) is 43.4 Å². The van der Waals surface area contributed by atoms with Gasteiger partial charge in [0.1, 0.15) is 0 Å². The number of fused-ring (bicyclic) bond motifs is 7. The molecule has 4 aromatic carbocycles. The average molecular weight is 282 g/mol. The number of aromatic nitrogens is 1. The molecule has 0 aliphatic heterocycles. The summed E-state index contributed by atoms with van der Waals surface area (Å²) in [6.07, 6.45) is 0. The second kappa shape index (κ2) is 4.01. The molecule has 0 saturated heterocycles. The van der Waals surface area contributed by atoms with E-state index in [9.17, 15) is 0 Å². The van der Waals surface area contributed by atoms with Gasteiger partial charge in [-0.1, -0.05) is 54.6 Å². The van der Waals surface area contributed by atoms with E-state index in [1.165, 1.54) is 32.4 Å². The fraction of sp³-hybridized carbons (Fsp3) is 0. The number of nitrogens with two attached hydrogens (primary N) is 1. The van der Waals surface area contributed by atoms with Gasteiger partial charge in [0.15, 0.2) is 0 Å². The van der Waals surface area contributed by atoms with Crippen molar-refractivity contribution in [1.82, 2.24) is 4.98 Å². The Morgan fingerprint density at radius 1 is 0.636 bits per heavy atom. The Morgan fingerprint density at radius 2 is 1.45 bits per heavy atom. The minimum absolute atomic E-state index is 0.831. The Labute approximate surface area is 127 Å². The largest absolute Gasteiger partial charge is 0.398 e. The molecule has 0 spiro atoms. The molecule has 104 valence electrons. The fourth-order valence-electron chi connectivity index (χ4n) is 3.54. The predicted molar refractivity (Wildman–Crippen MR) is 95.2 cm³/mol. The number of hydrogen-bond donors (Lipinski definition) is 2. The minimum atomic E-state index is 0.831. The first-order chi connectivity index (χ1) is 10.8. The van der Waals surface area contributed by atoms with Gasteiger partial charge in [0.2, 0.25) is 0 Å². The summed E-state index contributed by atoms with van der Waals surface area (Å²) in [6, 6.07) is 23.2. The third-order valence-corrected chi connectivity index (χ3v) is 4.54. The van der Waals surface area contributed by atoms with Crippen LogP contribution < -0.4 is 5.73 Å². The van der Waals surface area contributed by atoms with Gasteiger partial charge in [-0.3, -0.25) is 0 Å².